The first kappa shape index (κ1) is 13.6. The first-order valence-electron chi connectivity index (χ1n) is 6.87. The number of hydrogen-bond acceptors (Lipinski definition) is 4. The molecule has 0 aliphatic heterocycles. The second-order valence-corrected chi connectivity index (χ2v) is 6.45. The van der Waals surface area contributed by atoms with Crippen LogP contribution in [0.4, 0.5) is 11.4 Å². The molecule has 2 aromatic rings. The highest BCUT2D eigenvalue weighted by Crippen LogP contribution is 2.32. The van der Waals surface area contributed by atoms with E-state index in [4.69, 9.17) is 5.73 Å². The van der Waals surface area contributed by atoms with E-state index < -0.39 is 5.60 Å². The molecule has 1 aromatic carbocycles. The van der Waals surface area contributed by atoms with Crippen molar-refractivity contribution in [3.63, 3.8) is 0 Å². The predicted molar refractivity (Wildman–Crippen MR) is 85.8 cm³/mol. The number of nitrogen functional groups attached to an aromatic ring is 1. The second kappa shape index (κ2) is 5.22. The highest BCUT2D eigenvalue weighted by molar-refractivity contribution is 9.10. The SMILES string of the molecule is Nc1ccc(NCC2(O)CCCC2)c2ncc(Br)cc12. The van der Waals surface area contributed by atoms with Crippen molar-refractivity contribution in [1.82, 2.24) is 4.98 Å². The Morgan fingerprint density at radius 1 is 1.35 bits per heavy atom. The van der Waals surface area contributed by atoms with Gasteiger partial charge in [-0.2, -0.15) is 0 Å². The van der Waals surface area contributed by atoms with Crippen LogP contribution < -0.4 is 11.1 Å². The number of fused-ring (bicyclic) bond motifs is 1. The standard InChI is InChI=1S/C15H18BrN3O/c16-10-7-11-12(17)3-4-13(14(11)18-8-10)19-9-15(20)5-1-2-6-15/h3-4,7-8,19-20H,1-2,5-6,9,17H2. The smallest absolute Gasteiger partial charge is 0.0954 e. The minimum absolute atomic E-state index is 0.559. The Hall–Kier alpha value is -1.33. The molecule has 3 rings (SSSR count). The topological polar surface area (TPSA) is 71.2 Å². The van der Waals surface area contributed by atoms with Crippen molar-refractivity contribution in [3.05, 3.63) is 28.9 Å². The summed E-state index contributed by atoms with van der Waals surface area (Å²) in [5.74, 6) is 0. The van der Waals surface area contributed by atoms with Gasteiger partial charge in [0.05, 0.1) is 16.8 Å². The number of nitrogens with one attached hydrogen (secondary N) is 1. The van der Waals surface area contributed by atoms with E-state index in [0.29, 0.717) is 12.2 Å². The van der Waals surface area contributed by atoms with E-state index in [-0.39, 0.29) is 0 Å². The molecule has 1 heterocycles. The summed E-state index contributed by atoms with van der Waals surface area (Å²) in [5, 5.41) is 14.7. The van der Waals surface area contributed by atoms with Gasteiger partial charge in [0, 0.05) is 28.3 Å². The summed E-state index contributed by atoms with van der Waals surface area (Å²) in [6, 6.07) is 5.77. The lowest BCUT2D eigenvalue weighted by Gasteiger charge is -2.23. The van der Waals surface area contributed by atoms with Crippen molar-refractivity contribution in [2.45, 2.75) is 31.3 Å². The van der Waals surface area contributed by atoms with Gasteiger partial charge in [-0.25, -0.2) is 0 Å². The van der Waals surface area contributed by atoms with Gasteiger partial charge in [0.15, 0.2) is 0 Å². The van der Waals surface area contributed by atoms with Gasteiger partial charge in [-0.1, -0.05) is 12.8 Å². The van der Waals surface area contributed by atoms with Crippen LogP contribution in [0, 0.1) is 0 Å². The average molecular weight is 336 g/mol. The molecular weight excluding hydrogens is 318 g/mol. The van der Waals surface area contributed by atoms with Crippen molar-refractivity contribution < 1.29 is 5.11 Å². The fourth-order valence-corrected chi connectivity index (χ4v) is 3.16. The van der Waals surface area contributed by atoms with Crippen LogP contribution >= 0.6 is 15.9 Å². The number of aromatic nitrogens is 1. The van der Waals surface area contributed by atoms with Crippen LogP contribution in [0.5, 0.6) is 0 Å². The molecular formula is C15H18BrN3O. The Morgan fingerprint density at radius 3 is 2.85 bits per heavy atom. The predicted octanol–water partition coefficient (Wildman–Crippen LogP) is 3.30. The van der Waals surface area contributed by atoms with Gasteiger partial charge in [0.2, 0.25) is 0 Å². The number of aliphatic hydroxyl groups is 1. The summed E-state index contributed by atoms with van der Waals surface area (Å²) in [7, 11) is 0. The number of nitrogens with zero attached hydrogens (tertiary/aromatic N) is 1. The van der Waals surface area contributed by atoms with Crippen LogP contribution in [-0.4, -0.2) is 22.2 Å². The molecule has 0 unspecified atom stereocenters. The molecule has 1 saturated carbocycles. The molecule has 0 saturated heterocycles. The molecule has 4 nitrogen and oxygen atoms in total. The van der Waals surface area contributed by atoms with Crippen molar-refractivity contribution in [2.75, 3.05) is 17.6 Å². The lowest BCUT2D eigenvalue weighted by molar-refractivity contribution is 0.0615. The monoisotopic (exact) mass is 335 g/mol. The van der Waals surface area contributed by atoms with Crippen LogP contribution in [0.1, 0.15) is 25.7 Å². The van der Waals surface area contributed by atoms with Gasteiger partial charge in [-0.15, -0.1) is 0 Å². The van der Waals surface area contributed by atoms with E-state index in [0.717, 1.165) is 46.7 Å². The van der Waals surface area contributed by atoms with Crippen LogP contribution in [0.2, 0.25) is 0 Å². The quantitative estimate of drug-likeness (QED) is 0.752. The van der Waals surface area contributed by atoms with Crippen LogP contribution in [0.25, 0.3) is 10.9 Å². The summed E-state index contributed by atoms with van der Waals surface area (Å²) < 4.78 is 0.906. The summed E-state index contributed by atoms with van der Waals surface area (Å²) in [6.45, 7) is 0.559. The Labute approximate surface area is 126 Å². The number of halogens is 1. The molecule has 106 valence electrons. The molecule has 1 aliphatic rings. The molecule has 1 fully saturated rings. The summed E-state index contributed by atoms with van der Waals surface area (Å²) >= 11 is 3.41. The second-order valence-electron chi connectivity index (χ2n) is 5.54. The van der Waals surface area contributed by atoms with Crippen LogP contribution in [0.15, 0.2) is 28.9 Å². The highest BCUT2D eigenvalue weighted by Gasteiger charge is 2.30. The molecule has 4 N–H and O–H groups in total. The summed E-state index contributed by atoms with van der Waals surface area (Å²) in [6.07, 6.45) is 5.70. The van der Waals surface area contributed by atoms with Gasteiger partial charge in [-0.05, 0) is 47.0 Å². The zero-order chi connectivity index (χ0) is 14.2. The Balaban J connectivity index is 1.90. The molecule has 20 heavy (non-hydrogen) atoms. The Kier molecular flexibility index (Phi) is 3.56. The van der Waals surface area contributed by atoms with Gasteiger partial charge in [0.1, 0.15) is 0 Å². The van der Waals surface area contributed by atoms with Crippen molar-refractivity contribution in [1.29, 1.82) is 0 Å². The first-order valence-corrected chi connectivity index (χ1v) is 7.67. The van der Waals surface area contributed by atoms with Crippen molar-refractivity contribution in [3.8, 4) is 0 Å². The summed E-state index contributed by atoms with van der Waals surface area (Å²) in [5.41, 5.74) is 7.89. The molecule has 0 spiro atoms. The third-order valence-electron chi connectivity index (χ3n) is 3.99. The molecule has 0 amide bonds. The third kappa shape index (κ3) is 2.60. The number of nitrogens with two attached hydrogens (primary N) is 1. The summed E-state index contributed by atoms with van der Waals surface area (Å²) in [4.78, 5) is 4.44. The van der Waals surface area contributed by atoms with Gasteiger partial charge in [0.25, 0.3) is 0 Å². The Morgan fingerprint density at radius 2 is 2.10 bits per heavy atom. The minimum Gasteiger partial charge on any atom is -0.398 e. The molecule has 0 atom stereocenters. The van der Waals surface area contributed by atoms with E-state index >= 15 is 0 Å². The maximum atomic E-state index is 10.4. The maximum absolute atomic E-state index is 10.4. The fraction of sp³-hybridized carbons (Fsp3) is 0.400. The lowest BCUT2D eigenvalue weighted by atomic mass is 10.0. The van der Waals surface area contributed by atoms with Crippen LogP contribution in [0.3, 0.4) is 0 Å². The fourth-order valence-electron chi connectivity index (χ4n) is 2.83. The van der Waals surface area contributed by atoms with E-state index in [1.807, 2.05) is 18.2 Å². The van der Waals surface area contributed by atoms with E-state index in [2.05, 4.69) is 26.2 Å². The molecule has 0 radical (unpaired) electrons. The normalized spacial score (nSPS) is 17.5. The van der Waals surface area contributed by atoms with Gasteiger partial charge >= 0.3 is 0 Å². The number of anilines is 2. The van der Waals surface area contributed by atoms with Crippen molar-refractivity contribution >= 4 is 38.2 Å². The molecule has 5 heteroatoms. The number of benzene rings is 1. The number of hydrogen-bond donors (Lipinski definition) is 3. The Bertz CT molecular complexity index is 638. The lowest BCUT2D eigenvalue weighted by Crippen LogP contribution is -2.33. The number of pyridine rings is 1. The zero-order valence-electron chi connectivity index (χ0n) is 11.2. The third-order valence-corrected chi connectivity index (χ3v) is 4.43. The molecule has 1 aliphatic carbocycles. The van der Waals surface area contributed by atoms with E-state index in [9.17, 15) is 5.11 Å². The highest BCUT2D eigenvalue weighted by atomic mass is 79.9. The van der Waals surface area contributed by atoms with Crippen LogP contribution in [-0.2, 0) is 0 Å². The minimum atomic E-state index is -0.580. The largest absolute Gasteiger partial charge is 0.398 e. The molecule has 0 bridgehead atoms. The van der Waals surface area contributed by atoms with E-state index in [1.54, 1.807) is 6.20 Å². The zero-order valence-corrected chi connectivity index (χ0v) is 12.8. The van der Waals surface area contributed by atoms with Crippen molar-refractivity contribution in [2.24, 2.45) is 0 Å². The molecule has 1 aromatic heterocycles. The van der Waals surface area contributed by atoms with Gasteiger partial charge < -0.3 is 16.2 Å². The number of rotatable bonds is 3. The first-order chi connectivity index (χ1) is 9.57. The van der Waals surface area contributed by atoms with E-state index in [1.165, 1.54) is 0 Å². The maximum Gasteiger partial charge on any atom is 0.0954 e. The van der Waals surface area contributed by atoms with Gasteiger partial charge in [-0.3, -0.25) is 4.98 Å². The average Bonchev–Trinajstić information content (AvgIpc) is 2.86.